The highest BCUT2D eigenvalue weighted by molar-refractivity contribution is 5.95. The van der Waals surface area contributed by atoms with Gasteiger partial charge in [0.15, 0.2) is 0 Å². The van der Waals surface area contributed by atoms with Crippen molar-refractivity contribution < 1.29 is 9.18 Å². The van der Waals surface area contributed by atoms with Gasteiger partial charge in [0.25, 0.3) is 5.91 Å². The second-order valence-corrected chi connectivity index (χ2v) is 5.51. The first kappa shape index (κ1) is 16.9. The van der Waals surface area contributed by atoms with Crippen molar-refractivity contribution in [2.45, 2.75) is 20.4 Å². The van der Waals surface area contributed by atoms with E-state index in [1.165, 1.54) is 12.1 Å². The highest BCUT2D eigenvalue weighted by Crippen LogP contribution is 2.14. The lowest BCUT2D eigenvalue weighted by Gasteiger charge is -2.22. The minimum atomic E-state index is -0.286. The molecule has 0 saturated carbocycles. The van der Waals surface area contributed by atoms with Crippen LogP contribution < -0.4 is 4.90 Å². The number of rotatable bonds is 5. The van der Waals surface area contributed by atoms with E-state index in [0.717, 1.165) is 5.56 Å². The van der Waals surface area contributed by atoms with Crippen molar-refractivity contribution in [3.05, 3.63) is 53.1 Å². The average molecular weight is 316 g/mol. The Morgan fingerprint density at radius 1 is 1.22 bits per heavy atom. The second-order valence-electron chi connectivity index (χ2n) is 5.51. The van der Waals surface area contributed by atoms with Crippen LogP contribution in [-0.2, 0) is 6.54 Å². The van der Waals surface area contributed by atoms with Gasteiger partial charge in [-0.05, 0) is 31.5 Å². The number of halogens is 1. The summed E-state index contributed by atoms with van der Waals surface area (Å²) in [6.45, 7) is 4.68. The molecule has 0 spiro atoms. The first-order chi connectivity index (χ1) is 10.9. The zero-order valence-electron chi connectivity index (χ0n) is 13.9. The molecule has 5 nitrogen and oxygen atoms in total. The number of benzene rings is 1. The molecule has 0 N–H and O–H groups in total. The average Bonchev–Trinajstić information content (AvgIpc) is 2.53. The molecule has 23 heavy (non-hydrogen) atoms. The third-order valence-electron chi connectivity index (χ3n) is 3.55. The molecule has 0 radical (unpaired) electrons. The number of nitrogens with zero attached hydrogens (tertiary/aromatic N) is 4. The van der Waals surface area contributed by atoms with Crippen molar-refractivity contribution >= 4 is 11.9 Å². The monoisotopic (exact) mass is 316 g/mol. The summed E-state index contributed by atoms with van der Waals surface area (Å²) >= 11 is 0. The molecule has 0 atom stereocenters. The fourth-order valence-corrected chi connectivity index (χ4v) is 2.19. The number of aryl methyl sites for hydroxylation is 1. The van der Waals surface area contributed by atoms with Gasteiger partial charge in [-0.2, -0.15) is 0 Å². The van der Waals surface area contributed by atoms with Crippen molar-refractivity contribution in [1.29, 1.82) is 0 Å². The topological polar surface area (TPSA) is 49.3 Å². The molecule has 0 fully saturated rings. The Hall–Kier alpha value is -2.50. The largest absolute Gasteiger partial charge is 0.347 e. The van der Waals surface area contributed by atoms with E-state index in [4.69, 9.17) is 0 Å². The van der Waals surface area contributed by atoms with Gasteiger partial charge in [0.05, 0.1) is 11.3 Å². The molecule has 0 aliphatic rings. The molecule has 2 rings (SSSR count). The van der Waals surface area contributed by atoms with Crippen LogP contribution in [0.2, 0.25) is 0 Å². The Balaban J connectivity index is 2.21. The molecule has 1 heterocycles. The number of amides is 1. The van der Waals surface area contributed by atoms with Crippen LogP contribution in [0.4, 0.5) is 10.3 Å². The van der Waals surface area contributed by atoms with Crippen molar-refractivity contribution in [2.24, 2.45) is 0 Å². The molecule has 0 unspecified atom stereocenters. The number of anilines is 1. The van der Waals surface area contributed by atoms with Crippen LogP contribution in [0.25, 0.3) is 0 Å². The van der Waals surface area contributed by atoms with E-state index in [-0.39, 0.29) is 11.7 Å². The Kier molecular flexibility index (Phi) is 5.26. The van der Waals surface area contributed by atoms with Crippen LogP contribution in [0.1, 0.15) is 28.5 Å². The van der Waals surface area contributed by atoms with Gasteiger partial charge in [-0.3, -0.25) is 4.79 Å². The molecule has 0 aliphatic carbocycles. The van der Waals surface area contributed by atoms with Crippen LogP contribution in [0, 0.1) is 12.7 Å². The SMILES string of the molecule is CCN(Cc1ccc(F)cc1)C(=O)c1cnc(N(C)C)nc1C. The summed E-state index contributed by atoms with van der Waals surface area (Å²) in [5, 5.41) is 0. The fourth-order valence-electron chi connectivity index (χ4n) is 2.19. The first-order valence-corrected chi connectivity index (χ1v) is 7.47. The predicted molar refractivity (Wildman–Crippen MR) is 87.9 cm³/mol. The summed E-state index contributed by atoms with van der Waals surface area (Å²) in [4.78, 5) is 24.7. The molecule has 2 aromatic rings. The van der Waals surface area contributed by atoms with Crippen LogP contribution in [-0.4, -0.2) is 41.4 Å². The van der Waals surface area contributed by atoms with Gasteiger partial charge in [-0.25, -0.2) is 14.4 Å². The predicted octanol–water partition coefficient (Wildman–Crippen LogP) is 2.65. The molecule has 122 valence electrons. The molecular weight excluding hydrogens is 295 g/mol. The number of aromatic nitrogens is 2. The van der Waals surface area contributed by atoms with E-state index >= 15 is 0 Å². The summed E-state index contributed by atoms with van der Waals surface area (Å²) in [6, 6.07) is 6.16. The normalized spacial score (nSPS) is 10.5. The molecule has 1 aromatic carbocycles. The lowest BCUT2D eigenvalue weighted by molar-refractivity contribution is 0.0751. The van der Waals surface area contributed by atoms with Gasteiger partial charge >= 0.3 is 0 Å². The van der Waals surface area contributed by atoms with E-state index in [1.54, 1.807) is 35.1 Å². The van der Waals surface area contributed by atoms with Crippen molar-refractivity contribution in [3.63, 3.8) is 0 Å². The zero-order chi connectivity index (χ0) is 17.0. The summed E-state index contributed by atoms with van der Waals surface area (Å²) in [5.74, 6) is 0.159. The lowest BCUT2D eigenvalue weighted by Crippen LogP contribution is -2.31. The molecule has 6 heteroatoms. The molecule has 1 aromatic heterocycles. The Labute approximate surface area is 135 Å². The minimum Gasteiger partial charge on any atom is -0.347 e. The standard InChI is InChI=1S/C17H21FN4O/c1-5-22(11-13-6-8-14(18)9-7-13)16(23)15-10-19-17(21(3)4)20-12(15)2/h6-10H,5,11H2,1-4H3. The Morgan fingerprint density at radius 2 is 1.87 bits per heavy atom. The molecule has 0 aliphatic heterocycles. The third-order valence-corrected chi connectivity index (χ3v) is 3.55. The fraction of sp³-hybridized carbons (Fsp3) is 0.353. The van der Waals surface area contributed by atoms with Crippen molar-refractivity contribution in [1.82, 2.24) is 14.9 Å². The van der Waals surface area contributed by atoms with E-state index in [9.17, 15) is 9.18 Å². The van der Waals surface area contributed by atoms with Crippen molar-refractivity contribution in [2.75, 3.05) is 25.5 Å². The number of hydrogen-bond donors (Lipinski definition) is 0. The molecule has 0 bridgehead atoms. The summed E-state index contributed by atoms with van der Waals surface area (Å²) in [6.07, 6.45) is 1.56. The van der Waals surface area contributed by atoms with Gasteiger partial charge in [0, 0.05) is 33.4 Å². The maximum Gasteiger partial charge on any atom is 0.257 e. The lowest BCUT2D eigenvalue weighted by atomic mass is 10.1. The summed E-state index contributed by atoms with van der Waals surface area (Å²) in [7, 11) is 3.70. The van der Waals surface area contributed by atoms with Crippen LogP contribution in [0.5, 0.6) is 0 Å². The number of carbonyl (C=O) groups is 1. The van der Waals surface area contributed by atoms with Gasteiger partial charge in [-0.1, -0.05) is 12.1 Å². The minimum absolute atomic E-state index is 0.125. The van der Waals surface area contributed by atoms with Crippen LogP contribution in [0.3, 0.4) is 0 Å². The Morgan fingerprint density at radius 3 is 2.39 bits per heavy atom. The first-order valence-electron chi connectivity index (χ1n) is 7.47. The van der Waals surface area contributed by atoms with E-state index in [0.29, 0.717) is 30.3 Å². The molecule has 0 saturated heterocycles. The maximum absolute atomic E-state index is 13.0. The van der Waals surface area contributed by atoms with Gasteiger partial charge in [-0.15, -0.1) is 0 Å². The van der Waals surface area contributed by atoms with E-state index < -0.39 is 0 Å². The van der Waals surface area contributed by atoms with Gasteiger partial charge in [0.2, 0.25) is 5.95 Å². The maximum atomic E-state index is 13.0. The molecule has 1 amide bonds. The van der Waals surface area contributed by atoms with Crippen LogP contribution in [0.15, 0.2) is 30.5 Å². The smallest absolute Gasteiger partial charge is 0.257 e. The highest BCUT2D eigenvalue weighted by atomic mass is 19.1. The molecular formula is C17H21FN4O. The van der Waals surface area contributed by atoms with E-state index in [1.807, 2.05) is 21.0 Å². The van der Waals surface area contributed by atoms with E-state index in [2.05, 4.69) is 9.97 Å². The third kappa shape index (κ3) is 4.03. The zero-order valence-corrected chi connectivity index (χ0v) is 13.9. The second kappa shape index (κ2) is 7.17. The van der Waals surface area contributed by atoms with Crippen LogP contribution >= 0.6 is 0 Å². The number of carbonyl (C=O) groups excluding carboxylic acids is 1. The summed E-state index contributed by atoms with van der Waals surface area (Å²) in [5.41, 5.74) is 2.01. The van der Waals surface area contributed by atoms with Gasteiger partial charge < -0.3 is 9.80 Å². The summed E-state index contributed by atoms with van der Waals surface area (Å²) < 4.78 is 13.0. The van der Waals surface area contributed by atoms with Crippen molar-refractivity contribution in [3.8, 4) is 0 Å². The van der Waals surface area contributed by atoms with Gasteiger partial charge in [0.1, 0.15) is 5.82 Å². The Bertz CT molecular complexity index is 685. The highest BCUT2D eigenvalue weighted by Gasteiger charge is 2.18. The number of hydrogen-bond acceptors (Lipinski definition) is 4. The quantitative estimate of drug-likeness (QED) is 0.851.